The molecule has 2 N–H and O–H groups in total. The number of nitrogens with zero attached hydrogens (tertiary/aromatic N) is 2. The predicted molar refractivity (Wildman–Crippen MR) is 67.8 cm³/mol. The van der Waals surface area contributed by atoms with Crippen LogP contribution in [-0.4, -0.2) is 17.9 Å². The predicted octanol–water partition coefficient (Wildman–Crippen LogP) is 2.08. The second kappa shape index (κ2) is 4.83. The van der Waals surface area contributed by atoms with Gasteiger partial charge in [-0.2, -0.15) is 0 Å². The number of amides is 1. The summed E-state index contributed by atoms with van der Waals surface area (Å²) in [4.78, 5) is 17.5. The van der Waals surface area contributed by atoms with Gasteiger partial charge in [0.1, 0.15) is 5.82 Å². The van der Waals surface area contributed by atoms with Gasteiger partial charge in [0.15, 0.2) is 0 Å². The highest BCUT2D eigenvalue weighted by Crippen LogP contribution is 2.20. The van der Waals surface area contributed by atoms with Gasteiger partial charge in [-0.1, -0.05) is 6.07 Å². The Balaban J connectivity index is 2.35. The van der Waals surface area contributed by atoms with E-state index < -0.39 is 5.82 Å². The third kappa shape index (κ3) is 2.15. The fraction of sp³-hybridized carbons (Fsp3) is 0.0769. The van der Waals surface area contributed by atoms with Gasteiger partial charge in [-0.25, -0.2) is 4.39 Å². The molecule has 0 radical (unpaired) electrons. The third-order valence-corrected chi connectivity index (χ3v) is 2.62. The van der Waals surface area contributed by atoms with E-state index >= 15 is 0 Å². The lowest BCUT2D eigenvalue weighted by Gasteiger charge is -2.17. The van der Waals surface area contributed by atoms with Crippen LogP contribution in [0.25, 0.3) is 0 Å². The van der Waals surface area contributed by atoms with E-state index in [1.807, 2.05) is 0 Å². The lowest BCUT2D eigenvalue weighted by atomic mass is 10.1. The molecule has 1 amide bonds. The molecule has 0 saturated carbocycles. The number of hydrogen-bond donors (Lipinski definition) is 1. The standard InChI is InChI=1S/C13H12FN3O/c1-17(9-4-3-7-16-8-9)13(18)10-5-2-6-11(14)12(10)15/h2-8H,15H2,1H3. The first-order valence-electron chi connectivity index (χ1n) is 5.33. The second-order valence-electron chi connectivity index (χ2n) is 3.78. The summed E-state index contributed by atoms with van der Waals surface area (Å²) in [6.45, 7) is 0. The molecule has 92 valence electrons. The second-order valence-corrected chi connectivity index (χ2v) is 3.78. The van der Waals surface area contributed by atoms with Crippen LogP contribution in [0.1, 0.15) is 10.4 Å². The van der Waals surface area contributed by atoms with Crippen LogP contribution in [-0.2, 0) is 0 Å². The molecule has 4 nitrogen and oxygen atoms in total. The monoisotopic (exact) mass is 245 g/mol. The highest BCUT2D eigenvalue weighted by molar-refractivity contribution is 6.08. The van der Waals surface area contributed by atoms with Crippen molar-refractivity contribution in [3.05, 3.63) is 54.1 Å². The normalized spacial score (nSPS) is 10.1. The van der Waals surface area contributed by atoms with Gasteiger partial charge < -0.3 is 10.6 Å². The van der Waals surface area contributed by atoms with Gasteiger partial charge >= 0.3 is 0 Å². The van der Waals surface area contributed by atoms with Gasteiger partial charge in [-0.3, -0.25) is 9.78 Å². The van der Waals surface area contributed by atoms with Crippen molar-refractivity contribution >= 4 is 17.3 Å². The largest absolute Gasteiger partial charge is 0.396 e. The quantitative estimate of drug-likeness (QED) is 0.824. The molecule has 2 rings (SSSR count). The number of aromatic nitrogens is 1. The average molecular weight is 245 g/mol. The summed E-state index contributed by atoms with van der Waals surface area (Å²) in [6.07, 6.45) is 3.16. The number of nitrogen functional groups attached to an aromatic ring is 1. The fourth-order valence-corrected chi connectivity index (χ4v) is 1.57. The third-order valence-electron chi connectivity index (χ3n) is 2.62. The molecular formula is C13H12FN3O. The average Bonchev–Trinajstić information content (AvgIpc) is 2.41. The Morgan fingerprint density at radius 1 is 1.33 bits per heavy atom. The van der Waals surface area contributed by atoms with Crippen molar-refractivity contribution in [2.75, 3.05) is 17.7 Å². The number of hydrogen-bond acceptors (Lipinski definition) is 3. The number of benzene rings is 1. The van der Waals surface area contributed by atoms with Crippen LogP contribution in [0.2, 0.25) is 0 Å². The SMILES string of the molecule is CN(C(=O)c1cccc(F)c1N)c1cccnc1. The minimum absolute atomic E-state index is 0.140. The summed E-state index contributed by atoms with van der Waals surface area (Å²) >= 11 is 0. The number of pyridine rings is 1. The Bertz CT molecular complexity index is 572. The summed E-state index contributed by atoms with van der Waals surface area (Å²) in [5, 5.41) is 0. The van der Waals surface area contributed by atoms with Gasteiger partial charge in [-0.15, -0.1) is 0 Å². The molecule has 1 heterocycles. The first-order valence-corrected chi connectivity index (χ1v) is 5.33. The number of anilines is 2. The lowest BCUT2D eigenvalue weighted by molar-refractivity contribution is 0.0993. The van der Waals surface area contributed by atoms with E-state index in [4.69, 9.17) is 5.73 Å². The van der Waals surface area contributed by atoms with E-state index in [1.165, 1.54) is 23.1 Å². The summed E-state index contributed by atoms with van der Waals surface area (Å²) in [5.74, 6) is -0.972. The molecule has 5 heteroatoms. The van der Waals surface area contributed by atoms with Crippen LogP contribution in [0.5, 0.6) is 0 Å². The Morgan fingerprint density at radius 2 is 2.11 bits per heavy atom. The Morgan fingerprint density at radius 3 is 2.78 bits per heavy atom. The number of carbonyl (C=O) groups excluding carboxylic acids is 1. The van der Waals surface area contributed by atoms with Crippen molar-refractivity contribution in [1.29, 1.82) is 0 Å². The van der Waals surface area contributed by atoms with Crippen LogP contribution in [0, 0.1) is 5.82 Å². The smallest absolute Gasteiger partial charge is 0.260 e. The molecule has 0 spiro atoms. The minimum atomic E-state index is -0.597. The molecule has 0 atom stereocenters. The van der Waals surface area contributed by atoms with Gasteiger partial charge in [-0.05, 0) is 24.3 Å². The maximum atomic E-state index is 13.3. The van der Waals surface area contributed by atoms with Gasteiger partial charge in [0.05, 0.1) is 23.1 Å². The molecule has 0 fully saturated rings. The van der Waals surface area contributed by atoms with Crippen LogP contribution in [0.15, 0.2) is 42.7 Å². The summed E-state index contributed by atoms with van der Waals surface area (Å²) in [7, 11) is 1.59. The highest BCUT2D eigenvalue weighted by atomic mass is 19.1. The number of carbonyl (C=O) groups is 1. The molecule has 0 unspecified atom stereocenters. The maximum Gasteiger partial charge on any atom is 0.260 e. The Hall–Kier alpha value is -2.43. The number of para-hydroxylation sites is 1. The lowest BCUT2D eigenvalue weighted by Crippen LogP contribution is -2.27. The Labute approximate surface area is 104 Å². The number of halogens is 1. The molecule has 2 aromatic rings. The van der Waals surface area contributed by atoms with Crippen molar-refractivity contribution in [3.8, 4) is 0 Å². The molecule has 0 aliphatic heterocycles. The molecule has 0 bridgehead atoms. The van der Waals surface area contributed by atoms with Crippen molar-refractivity contribution < 1.29 is 9.18 Å². The minimum Gasteiger partial charge on any atom is -0.396 e. The van der Waals surface area contributed by atoms with Gasteiger partial charge in [0.25, 0.3) is 5.91 Å². The number of rotatable bonds is 2. The molecule has 18 heavy (non-hydrogen) atoms. The first-order chi connectivity index (χ1) is 8.61. The molecule has 1 aromatic carbocycles. The van der Waals surface area contributed by atoms with E-state index in [9.17, 15) is 9.18 Å². The van der Waals surface area contributed by atoms with E-state index in [2.05, 4.69) is 4.98 Å². The van der Waals surface area contributed by atoms with E-state index in [-0.39, 0.29) is 17.2 Å². The summed E-state index contributed by atoms with van der Waals surface area (Å²) < 4.78 is 13.3. The van der Waals surface area contributed by atoms with Crippen LogP contribution < -0.4 is 10.6 Å². The Kier molecular flexibility index (Phi) is 3.23. The van der Waals surface area contributed by atoms with Crippen LogP contribution in [0.3, 0.4) is 0 Å². The topological polar surface area (TPSA) is 59.2 Å². The molecular weight excluding hydrogens is 233 g/mol. The summed E-state index contributed by atoms with van der Waals surface area (Å²) in [5.41, 5.74) is 6.18. The van der Waals surface area contributed by atoms with Crippen molar-refractivity contribution in [1.82, 2.24) is 4.98 Å². The van der Waals surface area contributed by atoms with Crippen molar-refractivity contribution in [2.24, 2.45) is 0 Å². The zero-order valence-electron chi connectivity index (χ0n) is 9.80. The van der Waals surface area contributed by atoms with E-state index in [1.54, 1.807) is 31.6 Å². The first kappa shape index (κ1) is 12.0. The maximum absolute atomic E-state index is 13.3. The molecule has 1 aromatic heterocycles. The molecule has 0 aliphatic carbocycles. The van der Waals surface area contributed by atoms with Crippen molar-refractivity contribution in [3.63, 3.8) is 0 Å². The van der Waals surface area contributed by atoms with Gasteiger partial charge in [0, 0.05) is 13.2 Å². The highest BCUT2D eigenvalue weighted by Gasteiger charge is 2.17. The number of nitrogens with two attached hydrogens (primary N) is 1. The van der Waals surface area contributed by atoms with Crippen LogP contribution >= 0.6 is 0 Å². The molecule has 0 saturated heterocycles. The summed E-state index contributed by atoms with van der Waals surface area (Å²) in [6, 6.07) is 7.62. The van der Waals surface area contributed by atoms with Crippen molar-refractivity contribution in [2.45, 2.75) is 0 Å². The zero-order valence-corrected chi connectivity index (χ0v) is 9.80. The van der Waals surface area contributed by atoms with E-state index in [0.717, 1.165) is 0 Å². The molecule has 0 aliphatic rings. The fourth-order valence-electron chi connectivity index (χ4n) is 1.57. The van der Waals surface area contributed by atoms with Crippen LogP contribution in [0.4, 0.5) is 15.8 Å². The van der Waals surface area contributed by atoms with E-state index in [0.29, 0.717) is 5.69 Å². The zero-order chi connectivity index (χ0) is 13.1. The van der Waals surface area contributed by atoms with Gasteiger partial charge in [0.2, 0.25) is 0 Å².